The molecule has 0 bridgehead atoms. The smallest absolute Gasteiger partial charge is 0.287 e. The van der Waals surface area contributed by atoms with E-state index < -0.39 is 0 Å². The third-order valence-electron chi connectivity index (χ3n) is 2.70. The van der Waals surface area contributed by atoms with E-state index in [0.717, 1.165) is 5.39 Å². The molecule has 1 amide bonds. The zero-order chi connectivity index (χ0) is 12.3. The van der Waals surface area contributed by atoms with Gasteiger partial charge in [-0.05, 0) is 18.6 Å². The molecule has 0 aliphatic carbocycles. The zero-order valence-corrected chi connectivity index (χ0v) is 9.64. The SMILES string of the molecule is CC[C@H](CO)NC(=O)c1cc2ccccc2o1. The van der Waals surface area contributed by atoms with Crippen LogP contribution < -0.4 is 5.32 Å². The number of amides is 1. The van der Waals surface area contributed by atoms with Crippen molar-refractivity contribution >= 4 is 16.9 Å². The van der Waals surface area contributed by atoms with Gasteiger partial charge in [-0.1, -0.05) is 25.1 Å². The molecule has 0 unspecified atom stereocenters. The van der Waals surface area contributed by atoms with Gasteiger partial charge in [-0.25, -0.2) is 0 Å². The number of aliphatic hydroxyl groups excluding tert-OH is 1. The van der Waals surface area contributed by atoms with Crippen molar-refractivity contribution in [3.05, 3.63) is 36.1 Å². The molecule has 1 aromatic carbocycles. The molecule has 0 radical (unpaired) electrons. The highest BCUT2D eigenvalue weighted by atomic mass is 16.3. The summed E-state index contributed by atoms with van der Waals surface area (Å²) in [5, 5.41) is 12.6. The van der Waals surface area contributed by atoms with E-state index in [1.54, 1.807) is 6.07 Å². The first-order valence-electron chi connectivity index (χ1n) is 5.65. The van der Waals surface area contributed by atoms with Crippen LogP contribution in [0.25, 0.3) is 11.0 Å². The first kappa shape index (κ1) is 11.7. The highest BCUT2D eigenvalue weighted by Gasteiger charge is 2.15. The molecule has 0 aliphatic rings. The summed E-state index contributed by atoms with van der Waals surface area (Å²) in [6, 6.07) is 8.93. The van der Waals surface area contributed by atoms with Crippen LogP contribution >= 0.6 is 0 Å². The molecule has 4 nitrogen and oxygen atoms in total. The second kappa shape index (κ2) is 5.01. The molecular formula is C13H15NO3. The fraction of sp³-hybridized carbons (Fsp3) is 0.308. The summed E-state index contributed by atoms with van der Waals surface area (Å²) in [5.74, 6) is -0.0137. The third-order valence-corrected chi connectivity index (χ3v) is 2.70. The minimum absolute atomic E-state index is 0.0670. The number of hydrogen-bond acceptors (Lipinski definition) is 3. The van der Waals surface area contributed by atoms with E-state index in [1.165, 1.54) is 0 Å². The van der Waals surface area contributed by atoms with Crippen LogP contribution in [0.5, 0.6) is 0 Å². The Morgan fingerprint density at radius 1 is 1.47 bits per heavy atom. The molecule has 90 valence electrons. The van der Waals surface area contributed by atoms with Crippen LogP contribution in [-0.4, -0.2) is 23.7 Å². The molecule has 2 aromatic rings. The number of carbonyl (C=O) groups excluding carboxylic acids is 1. The molecule has 1 aromatic heterocycles. The number of fused-ring (bicyclic) bond motifs is 1. The highest BCUT2D eigenvalue weighted by molar-refractivity contribution is 5.96. The van der Waals surface area contributed by atoms with E-state index in [1.807, 2.05) is 31.2 Å². The molecule has 4 heteroatoms. The van der Waals surface area contributed by atoms with E-state index in [0.29, 0.717) is 12.0 Å². The number of hydrogen-bond donors (Lipinski definition) is 2. The highest BCUT2D eigenvalue weighted by Crippen LogP contribution is 2.18. The van der Waals surface area contributed by atoms with Gasteiger partial charge in [0.15, 0.2) is 5.76 Å². The van der Waals surface area contributed by atoms with Crippen molar-refractivity contribution in [2.45, 2.75) is 19.4 Å². The fourth-order valence-corrected chi connectivity index (χ4v) is 1.63. The van der Waals surface area contributed by atoms with Crippen molar-refractivity contribution < 1.29 is 14.3 Å². The van der Waals surface area contributed by atoms with Gasteiger partial charge in [-0.2, -0.15) is 0 Å². The van der Waals surface area contributed by atoms with E-state index in [-0.39, 0.29) is 24.3 Å². The zero-order valence-electron chi connectivity index (χ0n) is 9.64. The molecule has 0 aliphatic heterocycles. The maximum Gasteiger partial charge on any atom is 0.287 e. The number of aliphatic hydroxyl groups is 1. The Labute approximate surface area is 99.2 Å². The second-order valence-electron chi connectivity index (χ2n) is 3.91. The Balaban J connectivity index is 2.19. The molecule has 0 saturated carbocycles. The average molecular weight is 233 g/mol. The van der Waals surface area contributed by atoms with Crippen LogP contribution in [0.1, 0.15) is 23.9 Å². The number of rotatable bonds is 4. The number of furan rings is 1. The summed E-state index contributed by atoms with van der Waals surface area (Å²) in [4.78, 5) is 11.8. The summed E-state index contributed by atoms with van der Waals surface area (Å²) in [5.41, 5.74) is 0.690. The molecule has 0 fully saturated rings. The van der Waals surface area contributed by atoms with Crippen molar-refractivity contribution in [2.75, 3.05) is 6.61 Å². The van der Waals surface area contributed by atoms with Crippen LogP contribution in [0.3, 0.4) is 0 Å². The molecular weight excluding hydrogens is 218 g/mol. The van der Waals surface area contributed by atoms with E-state index in [9.17, 15) is 4.79 Å². The first-order chi connectivity index (χ1) is 8.24. The maximum absolute atomic E-state index is 11.8. The molecule has 1 atom stereocenters. The van der Waals surface area contributed by atoms with Crippen molar-refractivity contribution in [1.29, 1.82) is 0 Å². The molecule has 17 heavy (non-hydrogen) atoms. The van der Waals surface area contributed by atoms with Gasteiger partial charge in [0.05, 0.1) is 12.6 Å². The van der Waals surface area contributed by atoms with Gasteiger partial charge in [0.2, 0.25) is 0 Å². The lowest BCUT2D eigenvalue weighted by Gasteiger charge is -2.12. The molecule has 2 N–H and O–H groups in total. The Morgan fingerprint density at radius 3 is 2.88 bits per heavy atom. The Hall–Kier alpha value is -1.81. The number of nitrogens with one attached hydrogen (secondary N) is 1. The van der Waals surface area contributed by atoms with Crippen LogP contribution in [0.15, 0.2) is 34.7 Å². The normalized spacial score (nSPS) is 12.6. The van der Waals surface area contributed by atoms with E-state index >= 15 is 0 Å². The summed E-state index contributed by atoms with van der Waals surface area (Å²) in [6.07, 6.45) is 0.683. The first-order valence-corrected chi connectivity index (χ1v) is 5.65. The van der Waals surface area contributed by atoms with Gasteiger partial charge in [0.25, 0.3) is 5.91 Å². The number of benzene rings is 1. The summed E-state index contributed by atoms with van der Waals surface area (Å²) < 4.78 is 5.43. The van der Waals surface area contributed by atoms with Crippen LogP contribution in [0.4, 0.5) is 0 Å². The quantitative estimate of drug-likeness (QED) is 0.848. The number of carbonyl (C=O) groups is 1. The third kappa shape index (κ3) is 2.47. The largest absolute Gasteiger partial charge is 0.451 e. The molecule has 1 heterocycles. The predicted octanol–water partition coefficient (Wildman–Crippen LogP) is 1.93. The van der Waals surface area contributed by atoms with Crippen LogP contribution in [-0.2, 0) is 0 Å². The van der Waals surface area contributed by atoms with Crippen molar-refractivity contribution in [3.63, 3.8) is 0 Å². The predicted molar refractivity (Wildman–Crippen MR) is 64.8 cm³/mol. The lowest BCUT2D eigenvalue weighted by molar-refractivity contribution is 0.0889. The fourth-order valence-electron chi connectivity index (χ4n) is 1.63. The van der Waals surface area contributed by atoms with Crippen LogP contribution in [0.2, 0.25) is 0 Å². The van der Waals surface area contributed by atoms with Gasteiger partial charge in [-0.15, -0.1) is 0 Å². The van der Waals surface area contributed by atoms with E-state index in [2.05, 4.69) is 5.32 Å². The molecule has 0 saturated heterocycles. The average Bonchev–Trinajstić information content (AvgIpc) is 2.79. The second-order valence-corrected chi connectivity index (χ2v) is 3.91. The lowest BCUT2D eigenvalue weighted by atomic mass is 10.2. The lowest BCUT2D eigenvalue weighted by Crippen LogP contribution is -2.36. The maximum atomic E-state index is 11.8. The van der Waals surface area contributed by atoms with E-state index in [4.69, 9.17) is 9.52 Å². The van der Waals surface area contributed by atoms with Gasteiger partial charge >= 0.3 is 0 Å². The van der Waals surface area contributed by atoms with Crippen molar-refractivity contribution in [3.8, 4) is 0 Å². The van der Waals surface area contributed by atoms with Gasteiger partial charge in [-0.3, -0.25) is 4.79 Å². The monoisotopic (exact) mass is 233 g/mol. The summed E-state index contributed by atoms with van der Waals surface area (Å²) in [7, 11) is 0. The minimum atomic E-state index is -0.290. The van der Waals surface area contributed by atoms with Crippen LogP contribution in [0, 0.1) is 0 Å². The molecule has 0 spiro atoms. The Kier molecular flexibility index (Phi) is 3.44. The molecule has 2 rings (SSSR count). The van der Waals surface area contributed by atoms with Gasteiger partial charge < -0.3 is 14.8 Å². The number of para-hydroxylation sites is 1. The topological polar surface area (TPSA) is 62.5 Å². The van der Waals surface area contributed by atoms with Gasteiger partial charge in [0, 0.05) is 5.39 Å². The van der Waals surface area contributed by atoms with Crippen molar-refractivity contribution in [1.82, 2.24) is 5.32 Å². The summed E-state index contributed by atoms with van der Waals surface area (Å²) >= 11 is 0. The Bertz CT molecular complexity index is 481. The van der Waals surface area contributed by atoms with Crippen molar-refractivity contribution in [2.24, 2.45) is 0 Å². The van der Waals surface area contributed by atoms with Gasteiger partial charge in [0.1, 0.15) is 5.58 Å². The standard InChI is InChI=1S/C13H15NO3/c1-2-10(8-15)14-13(16)12-7-9-5-3-4-6-11(9)17-12/h3-7,10,15H,2,8H2,1H3,(H,14,16)/t10-/m1/s1. The summed E-state index contributed by atoms with van der Waals surface area (Å²) in [6.45, 7) is 1.84. The Morgan fingerprint density at radius 2 is 2.24 bits per heavy atom. The minimum Gasteiger partial charge on any atom is -0.451 e.